The summed E-state index contributed by atoms with van der Waals surface area (Å²) in [7, 11) is 0. The number of nitrogens with zero attached hydrogens (tertiary/aromatic N) is 1. The second kappa shape index (κ2) is 4.75. The smallest absolute Gasteiger partial charge is 0.0987 e. The van der Waals surface area contributed by atoms with Gasteiger partial charge in [-0.1, -0.05) is 25.8 Å². The van der Waals surface area contributed by atoms with Crippen molar-refractivity contribution in [3.63, 3.8) is 0 Å². The Kier molecular flexibility index (Phi) is 3.37. The molecule has 0 spiro atoms. The zero-order valence-electron chi connectivity index (χ0n) is 9.26. The van der Waals surface area contributed by atoms with Crippen LogP contribution in [0.2, 0.25) is 0 Å². The van der Waals surface area contributed by atoms with Gasteiger partial charge in [0.2, 0.25) is 0 Å². The van der Waals surface area contributed by atoms with Gasteiger partial charge in [0.15, 0.2) is 0 Å². The third-order valence-electron chi connectivity index (χ3n) is 3.41. The van der Waals surface area contributed by atoms with Crippen molar-refractivity contribution in [1.29, 1.82) is 0 Å². The van der Waals surface area contributed by atoms with E-state index in [0.717, 1.165) is 24.5 Å². The van der Waals surface area contributed by atoms with Gasteiger partial charge in [-0.2, -0.15) is 0 Å². The van der Waals surface area contributed by atoms with E-state index in [4.69, 9.17) is 0 Å². The fourth-order valence-electron chi connectivity index (χ4n) is 2.56. The molecule has 0 bridgehead atoms. The van der Waals surface area contributed by atoms with Crippen LogP contribution in [0.4, 0.5) is 0 Å². The van der Waals surface area contributed by atoms with Crippen molar-refractivity contribution in [2.24, 2.45) is 11.8 Å². The number of aliphatic hydroxyl groups is 1. The van der Waals surface area contributed by atoms with Crippen LogP contribution >= 0.6 is 0 Å². The fraction of sp³-hybridized carbons (Fsp3) is 0.615. The van der Waals surface area contributed by atoms with Gasteiger partial charge >= 0.3 is 0 Å². The topological polar surface area (TPSA) is 33.1 Å². The maximum absolute atomic E-state index is 10.2. The summed E-state index contributed by atoms with van der Waals surface area (Å²) >= 11 is 0. The summed E-state index contributed by atoms with van der Waals surface area (Å²) in [6, 6.07) is 5.75. The molecule has 3 unspecified atom stereocenters. The molecular weight excluding hydrogens is 186 g/mol. The minimum Gasteiger partial charge on any atom is -0.387 e. The van der Waals surface area contributed by atoms with E-state index in [1.807, 2.05) is 18.2 Å². The molecule has 2 rings (SSSR count). The van der Waals surface area contributed by atoms with Gasteiger partial charge in [-0.3, -0.25) is 4.98 Å². The van der Waals surface area contributed by atoms with Crippen LogP contribution in [0.25, 0.3) is 0 Å². The summed E-state index contributed by atoms with van der Waals surface area (Å²) in [6.07, 6.45) is 6.22. The van der Waals surface area contributed by atoms with E-state index in [1.165, 1.54) is 12.8 Å². The number of aromatic nitrogens is 1. The maximum Gasteiger partial charge on any atom is 0.0987 e. The monoisotopic (exact) mass is 205 g/mol. The van der Waals surface area contributed by atoms with E-state index in [0.29, 0.717) is 5.92 Å². The summed E-state index contributed by atoms with van der Waals surface area (Å²) in [5.74, 6) is 1.16. The number of aliphatic hydroxyl groups excluding tert-OH is 1. The third kappa shape index (κ3) is 2.57. The third-order valence-corrected chi connectivity index (χ3v) is 3.41. The molecule has 0 aliphatic heterocycles. The standard InChI is InChI=1S/C13H19NO/c1-10-5-4-6-11(9-10)13(15)12-7-2-3-8-14-12/h2-3,7-8,10-11,13,15H,4-6,9H2,1H3. The van der Waals surface area contributed by atoms with Gasteiger partial charge < -0.3 is 5.11 Å². The predicted molar refractivity (Wildman–Crippen MR) is 60.3 cm³/mol. The highest BCUT2D eigenvalue weighted by Gasteiger charge is 2.26. The Labute approximate surface area is 91.4 Å². The van der Waals surface area contributed by atoms with Crippen molar-refractivity contribution >= 4 is 0 Å². The Balaban J connectivity index is 2.04. The van der Waals surface area contributed by atoms with Gasteiger partial charge in [-0.05, 0) is 36.8 Å². The molecule has 0 radical (unpaired) electrons. The zero-order valence-corrected chi connectivity index (χ0v) is 9.26. The first kappa shape index (κ1) is 10.6. The molecule has 0 aromatic carbocycles. The van der Waals surface area contributed by atoms with Crippen LogP contribution in [-0.2, 0) is 0 Å². The minimum atomic E-state index is -0.367. The first-order valence-corrected chi connectivity index (χ1v) is 5.86. The summed E-state index contributed by atoms with van der Waals surface area (Å²) in [6.45, 7) is 2.28. The lowest BCUT2D eigenvalue weighted by Crippen LogP contribution is -2.20. The Morgan fingerprint density at radius 3 is 2.93 bits per heavy atom. The lowest BCUT2D eigenvalue weighted by Gasteiger charge is -2.30. The molecule has 15 heavy (non-hydrogen) atoms. The van der Waals surface area contributed by atoms with Gasteiger partial charge in [0.05, 0.1) is 11.8 Å². The van der Waals surface area contributed by atoms with Gasteiger partial charge in [0.1, 0.15) is 0 Å². The lowest BCUT2D eigenvalue weighted by atomic mass is 9.79. The molecule has 0 saturated heterocycles. The fourth-order valence-corrected chi connectivity index (χ4v) is 2.56. The van der Waals surface area contributed by atoms with E-state index in [2.05, 4.69) is 11.9 Å². The second-order valence-electron chi connectivity index (χ2n) is 4.73. The minimum absolute atomic E-state index is 0.367. The summed E-state index contributed by atoms with van der Waals surface area (Å²) < 4.78 is 0. The van der Waals surface area contributed by atoms with Crippen LogP contribution in [0.1, 0.15) is 44.4 Å². The molecule has 1 aliphatic rings. The number of hydrogen-bond donors (Lipinski definition) is 1. The number of pyridine rings is 1. The molecule has 0 amide bonds. The molecule has 1 heterocycles. The molecule has 1 aromatic rings. The maximum atomic E-state index is 10.2. The molecule has 2 nitrogen and oxygen atoms in total. The van der Waals surface area contributed by atoms with Crippen molar-refractivity contribution in [3.8, 4) is 0 Å². The Morgan fingerprint density at radius 2 is 2.27 bits per heavy atom. The largest absolute Gasteiger partial charge is 0.387 e. The normalized spacial score (nSPS) is 28.7. The molecule has 1 saturated carbocycles. The van der Waals surface area contributed by atoms with Gasteiger partial charge in [0.25, 0.3) is 0 Å². The molecule has 82 valence electrons. The average molecular weight is 205 g/mol. The molecule has 1 aliphatic carbocycles. The zero-order chi connectivity index (χ0) is 10.7. The highest BCUT2D eigenvalue weighted by atomic mass is 16.3. The van der Waals surface area contributed by atoms with Crippen molar-refractivity contribution in [1.82, 2.24) is 4.98 Å². The summed E-state index contributed by atoms with van der Waals surface area (Å²) in [5.41, 5.74) is 0.830. The van der Waals surface area contributed by atoms with Gasteiger partial charge in [0, 0.05) is 6.20 Å². The van der Waals surface area contributed by atoms with E-state index in [-0.39, 0.29) is 6.10 Å². The first-order chi connectivity index (χ1) is 7.27. The average Bonchev–Trinajstić information content (AvgIpc) is 2.29. The van der Waals surface area contributed by atoms with Crippen LogP contribution in [0.15, 0.2) is 24.4 Å². The summed E-state index contributed by atoms with van der Waals surface area (Å²) in [5, 5.41) is 10.2. The number of rotatable bonds is 2. The second-order valence-corrected chi connectivity index (χ2v) is 4.73. The van der Waals surface area contributed by atoms with Crippen LogP contribution in [0, 0.1) is 11.8 Å². The van der Waals surface area contributed by atoms with Crippen LogP contribution in [0.3, 0.4) is 0 Å². The summed E-state index contributed by atoms with van der Waals surface area (Å²) in [4.78, 5) is 4.23. The van der Waals surface area contributed by atoms with Crippen LogP contribution in [-0.4, -0.2) is 10.1 Å². The van der Waals surface area contributed by atoms with E-state index < -0.39 is 0 Å². The van der Waals surface area contributed by atoms with E-state index >= 15 is 0 Å². The molecule has 1 aromatic heterocycles. The Bertz CT molecular complexity index is 299. The van der Waals surface area contributed by atoms with Gasteiger partial charge in [-0.25, -0.2) is 0 Å². The molecule has 1 N–H and O–H groups in total. The number of hydrogen-bond acceptors (Lipinski definition) is 2. The van der Waals surface area contributed by atoms with E-state index in [1.54, 1.807) is 6.20 Å². The Hall–Kier alpha value is -0.890. The Morgan fingerprint density at radius 1 is 1.40 bits per heavy atom. The molecular formula is C13H19NO. The quantitative estimate of drug-likeness (QED) is 0.805. The van der Waals surface area contributed by atoms with E-state index in [9.17, 15) is 5.11 Å². The SMILES string of the molecule is CC1CCCC(C(O)c2ccccn2)C1. The van der Waals surface area contributed by atoms with Crippen molar-refractivity contribution in [3.05, 3.63) is 30.1 Å². The van der Waals surface area contributed by atoms with Crippen LogP contribution < -0.4 is 0 Å². The lowest BCUT2D eigenvalue weighted by molar-refractivity contribution is 0.0680. The first-order valence-electron chi connectivity index (χ1n) is 5.86. The molecule has 3 atom stereocenters. The highest BCUT2D eigenvalue weighted by Crippen LogP contribution is 2.36. The molecule has 1 fully saturated rings. The molecule has 2 heteroatoms. The highest BCUT2D eigenvalue weighted by molar-refractivity contribution is 5.07. The van der Waals surface area contributed by atoms with Crippen molar-refractivity contribution < 1.29 is 5.11 Å². The van der Waals surface area contributed by atoms with Crippen molar-refractivity contribution in [2.75, 3.05) is 0 Å². The predicted octanol–water partition coefficient (Wildman–Crippen LogP) is 2.94. The van der Waals surface area contributed by atoms with Crippen LogP contribution in [0.5, 0.6) is 0 Å². The van der Waals surface area contributed by atoms with Crippen molar-refractivity contribution in [2.45, 2.75) is 38.7 Å². The van der Waals surface area contributed by atoms with Gasteiger partial charge in [-0.15, -0.1) is 0 Å².